The number of carbonyl (C=O) groups excluding carboxylic acids is 3. The molecular formula is C24H22F3N3O5S. The van der Waals surface area contributed by atoms with E-state index >= 15 is 4.39 Å². The zero-order valence-electron chi connectivity index (χ0n) is 19.0. The van der Waals surface area contributed by atoms with Gasteiger partial charge in [0.05, 0.1) is 4.90 Å². The average molecular weight is 522 g/mol. The van der Waals surface area contributed by atoms with Crippen LogP contribution in [0.1, 0.15) is 53.1 Å². The summed E-state index contributed by atoms with van der Waals surface area (Å²) < 4.78 is 68.7. The fraction of sp³-hybridized carbons (Fsp3) is 0.375. The molecule has 2 saturated heterocycles. The molecule has 190 valence electrons. The molecule has 3 aliphatic heterocycles. The summed E-state index contributed by atoms with van der Waals surface area (Å²) in [6.45, 7) is 0.227. The van der Waals surface area contributed by atoms with E-state index in [1.165, 1.54) is 4.90 Å². The molecule has 5 rings (SSSR count). The SMILES string of the molecule is O=C1CCC(N2Cc3cc(C4CCN(S(=O)(=O)c5ccc(F)c(F)c5)CC4)c(F)cc3C2=O)C(=O)N1. The monoisotopic (exact) mass is 521 g/mol. The van der Waals surface area contributed by atoms with Crippen LogP contribution in [0.2, 0.25) is 0 Å². The third kappa shape index (κ3) is 4.17. The lowest BCUT2D eigenvalue weighted by atomic mass is 9.88. The smallest absolute Gasteiger partial charge is 0.255 e. The van der Waals surface area contributed by atoms with Crippen molar-refractivity contribution in [1.82, 2.24) is 14.5 Å². The molecule has 8 nitrogen and oxygen atoms in total. The summed E-state index contributed by atoms with van der Waals surface area (Å²) in [5.74, 6) is -4.73. The van der Waals surface area contributed by atoms with Crippen molar-refractivity contribution in [2.45, 2.75) is 49.1 Å². The third-order valence-electron chi connectivity index (χ3n) is 7.06. The fourth-order valence-electron chi connectivity index (χ4n) is 5.11. The van der Waals surface area contributed by atoms with Crippen LogP contribution in [0.25, 0.3) is 0 Å². The number of hydrogen-bond donors (Lipinski definition) is 1. The van der Waals surface area contributed by atoms with Gasteiger partial charge < -0.3 is 4.90 Å². The van der Waals surface area contributed by atoms with Gasteiger partial charge in [-0.1, -0.05) is 6.07 Å². The van der Waals surface area contributed by atoms with Crippen molar-refractivity contribution < 1.29 is 36.0 Å². The van der Waals surface area contributed by atoms with Crippen molar-refractivity contribution in [2.24, 2.45) is 0 Å². The number of nitrogens with one attached hydrogen (secondary N) is 1. The lowest BCUT2D eigenvalue weighted by Crippen LogP contribution is -2.52. The molecule has 2 aromatic rings. The maximum Gasteiger partial charge on any atom is 0.255 e. The Kier molecular flexibility index (Phi) is 6.11. The van der Waals surface area contributed by atoms with Gasteiger partial charge in [-0.2, -0.15) is 4.31 Å². The van der Waals surface area contributed by atoms with Crippen molar-refractivity contribution >= 4 is 27.7 Å². The van der Waals surface area contributed by atoms with Crippen LogP contribution in [-0.2, 0) is 26.2 Å². The molecule has 2 fully saturated rings. The van der Waals surface area contributed by atoms with Gasteiger partial charge in [0.2, 0.25) is 21.8 Å². The second kappa shape index (κ2) is 9.00. The standard InChI is InChI=1S/C24H22F3N3O5S/c25-18-2-1-15(10-20(18)27)36(34,35)29-7-5-13(6-8-29)16-9-14-12-30(24(33)17(14)11-19(16)26)21-3-4-22(31)28-23(21)32/h1-2,9-11,13,21H,3-8,12H2,(H,28,31,32). The van der Waals surface area contributed by atoms with Crippen LogP contribution >= 0.6 is 0 Å². The molecular weight excluding hydrogens is 499 g/mol. The Balaban J connectivity index is 1.31. The average Bonchev–Trinajstić information content (AvgIpc) is 3.15. The first kappa shape index (κ1) is 24.4. The first-order valence-electron chi connectivity index (χ1n) is 11.5. The topological polar surface area (TPSA) is 104 Å². The number of sulfonamides is 1. The van der Waals surface area contributed by atoms with E-state index < -0.39 is 51.2 Å². The maximum atomic E-state index is 15.1. The number of benzene rings is 2. The molecule has 12 heteroatoms. The Morgan fingerprint density at radius 1 is 0.889 bits per heavy atom. The first-order chi connectivity index (χ1) is 17.1. The van der Waals surface area contributed by atoms with E-state index in [0.29, 0.717) is 30.0 Å². The molecule has 0 saturated carbocycles. The molecule has 1 atom stereocenters. The van der Waals surface area contributed by atoms with E-state index in [9.17, 15) is 31.6 Å². The molecule has 36 heavy (non-hydrogen) atoms. The highest BCUT2D eigenvalue weighted by Crippen LogP contribution is 2.36. The van der Waals surface area contributed by atoms with E-state index in [2.05, 4.69) is 5.32 Å². The third-order valence-corrected chi connectivity index (χ3v) is 8.96. The molecule has 3 aliphatic rings. The fourth-order valence-corrected chi connectivity index (χ4v) is 6.60. The van der Waals surface area contributed by atoms with Crippen LogP contribution < -0.4 is 5.32 Å². The summed E-state index contributed by atoms with van der Waals surface area (Å²) >= 11 is 0. The van der Waals surface area contributed by atoms with Gasteiger partial charge in [0, 0.05) is 31.6 Å². The molecule has 1 unspecified atom stereocenters. The largest absolute Gasteiger partial charge is 0.322 e. The van der Waals surface area contributed by atoms with Gasteiger partial charge in [-0.25, -0.2) is 21.6 Å². The zero-order valence-corrected chi connectivity index (χ0v) is 19.8. The first-order valence-corrected chi connectivity index (χ1v) is 12.9. The van der Waals surface area contributed by atoms with Gasteiger partial charge in [0.25, 0.3) is 5.91 Å². The summed E-state index contributed by atoms with van der Waals surface area (Å²) in [6, 6.07) is 4.35. The number of halogens is 3. The lowest BCUT2D eigenvalue weighted by Gasteiger charge is -2.31. The normalized spacial score (nSPS) is 21.6. The van der Waals surface area contributed by atoms with Gasteiger partial charge in [0.15, 0.2) is 11.6 Å². The second-order valence-electron chi connectivity index (χ2n) is 9.19. The van der Waals surface area contributed by atoms with E-state index in [1.807, 2.05) is 0 Å². The van der Waals surface area contributed by atoms with Crippen LogP contribution in [0.5, 0.6) is 0 Å². The van der Waals surface area contributed by atoms with Crippen molar-refractivity contribution in [3.05, 3.63) is 64.5 Å². The molecule has 1 N–H and O–H groups in total. The Labute approximate surface area is 205 Å². The van der Waals surface area contributed by atoms with Crippen molar-refractivity contribution in [3.8, 4) is 0 Å². The molecule has 0 aliphatic carbocycles. The Morgan fingerprint density at radius 3 is 2.28 bits per heavy atom. The number of piperidine rings is 2. The minimum Gasteiger partial charge on any atom is -0.322 e. The van der Waals surface area contributed by atoms with Crippen LogP contribution in [0, 0.1) is 17.5 Å². The zero-order chi connectivity index (χ0) is 25.8. The van der Waals surface area contributed by atoms with Gasteiger partial charge in [-0.3, -0.25) is 19.7 Å². The predicted octanol–water partition coefficient (Wildman–Crippen LogP) is 2.43. The van der Waals surface area contributed by atoms with E-state index in [1.54, 1.807) is 6.07 Å². The quantitative estimate of drug-likeness (QED) is 0.623. The Bertz CT molecular complexity index is 1390. The summed E-state index contributed by atoms with van der Waals surface area (Å²) in [6.07, 6.45) is 0.902. The van der Waals surface area contributed by atoms with Gasteiger partial charge in [-0.15, -0.1) is 0 Å². The lowest BCUT2D eigenvalue weighted by molar-refractivity contribution is -0.136. The highest BCUT2D eigenvalue weighted by molar-refractivity contribution is 7.89. The van der Waals surface area contributed by atoms with Gasteiger partial charge in [-0.05, 0) is 60.6 Å². The van der Waals surface area contributed by atoms with E-state index in [-0.39, 0.29) is 48.9 Å². The summed E-state index contributed by atoms with van der Waals surface area (Å²) in [4.78, 5) is 37.5. The molecule has 2 aromatic carbocycles. The number of imide groups is 1. The molecule has 0 spiro atoms. The van der Waals surface area contributed by atoms with Crippen LogP contribution in [0.15, 0.2) is 35.2 Å². The second-order valence-corrected chi connectivity index (χ2v) is 11.1. The van der Waals surface area contributed by atoms with E-state index in [0.717, 1.165) is 22.5 Å². The van der Waals surface area contributed by atoms with Crippen LogP contribution in [0.4, 0.5) is 13.2 Å². The number of amides is 3. The van der Waals surface area contributed by atoms with E-state index in [4.69, 9.17) is 0 Å². The number of carbonyl (C=O) groups is 3. The van der Waals surface area contributed by atoms with Crippen LogP contribution in [-0.4, -0.2) is 54.5 Å². The van der Waals surface area contributed by atoms with Gasteiger partial charge >= 0.3 is 0 Å². The van der Waals surface area contributed by atoms with Crippen molar-refractivity contribution in [1.29, 1.82) is 0 Å². The van der Waals surface area contributed by atoms with Crippen molar-refractivity contribution in [2.75, 3.05) is 13.1 Å². The van der Waals surface area contributed by atoms with Crippen molar-refractivity contribution in [3.63, 3.8) is 0 Å². The van der Waals surface area contributed by atoms with Crippen LogP contribution in [0.3, 0.4) is 0 Å². The summed E-state index contributed by atoms with van der Waals surface area (Å²) in [5.41, 5.74) is 1.09. The highest BCUT2D eigenvalue weighted by atomic mass is 32.2. The number of nitrogens with zero attached hydrogens (tertiary/aromatic N) is 2. The Hall–Kier alpha value is -3.25. The Morgan fingerprint density at radius 2 is 1.61 bits per heavy atom. The number of hydrogen-bond acceptors (Lipinski definition) is 5. The molecule has 3 amide bonds. The molecule has 3 heterocycles. The summed E-state index contributed by atoms with van der Waals surface area (Å²) in [7, 11) is -4.04. The summed E-state index contributed by atoms with van der Waals surface area (Å²) in [5, 5.41) is 2.22. The minimum atomic E-state index is -4.04. The highest BCUT2D eigenvalue weighted by Gasteiger charge is 2.40. The number of rotatable bonds is 4. The maximum absolute atomic E-state index is 15.1. The number of fused-ring (bicyclic) bond motifs is 1. The van der Waals surface area contributed by atoms with Gasteiger partial charge in [0.1, 0.15) is 11.9 Å². The predicted molar refractivity (Wildman–Crippen MR) is 120 cm³/mol. The molecule has 0 radical (unpaired) electrons. The minimum absolute atomic E-state index is 0.0594. The molecule has 0 bridgehead atoms. The molecule has 0 aromatic heterocycles.